The van der Waals surface area contributed by atoms with E-state index in [-0.39, 0.29) is 17.6 Å². The number of rotatable bonds is 10. The van der Waals surface area contributed by atoms with Gasteiger partial charge in [0, 0.05) is 23.6 Å². The van der Waals surface area contributed by atoms with Gasteiger partial charge in [-0.25, -0.2) is 9.97 Å². The molecule has 170 valence electrons. The summed E-state index contributed by atoms with van der Waals surface area (Å²) in [4.78, 5) is 20.9. The van der Waals surface area contributed by atoms with Crippen LogP contribution in [0.15, 0.2) is 48.7 Å². The van der Waals surface area contributed by atoms with E-state index in [2.05, 4.69) is 16.9 Å². The van der Waals surface area contributed by atoms with Crippen LogP contribution in [0.3, 0.4) is 0 Å². The van der Waals surface area contributed by atoms with Crippen LogP contribution in [-0.2, 0) is 6.18 Å². The van der Waals surface area contributed by atoms with Gasteiger partial charge < -0.3 is 4.74 Å². The minimum atomic E-state index is -4.44. The molecule has 0 amide bonds. The van der Waals surface area contributed by atoms with Crippen molar-refractivity contribution >= 4 is 16.7 Å². The molecule has 4 nitrogen and oxygen atoms in total. The number of ether oxygens (including phenoxy) is 1. The van der Waals surface area contributed by atoms with Gasteiger partial charge in [0.1, 0.15) is 11.4 Å². The summed E-state index contributed by atoms with van der Waals surface area (Å²) in [7, 11) is 0. The number of halogens is 3. The number of hydrogen-bond donors (Lipinski definition) is 0. The largest absolute Gasteiger partial charge is 0.439 e. The third-order valence-electron chi connectivity index (χ3n) is 5.39. The molecule has 0 aliphatic carbocycles. The number of nitrogens with zero attached hydrogens (tertiary/aromatic N) is 2. The molecule has 0 N–H and O–H groups in total. The summed E-state index contributed by atoms with van der Waals surface area (Å²) in [5.74, 6) is 0.447. The van der Waals surface area contributed by atoms with Gasteiger partial charge in [0.15, 0.2) is 5.78 Å². The first-order chi connectivity index (χ1) is 15.3. The first-order valence-electron chi connectivity index (χ1n) is 10.9. The van der Waals surface area contributed by atoms with E-state index in [0.717, 1.165) is 36.9 Å². The van der Waals surface area contributed by atoms with Crippen molar-refractivity contribution in [2.45, 2.75) is 58.5 Å². The molecular formula is C25H27F3N2O2. The van der Waals surface area contributed by atoms with Crippen LogP contribution in [0, 0.1) is 5.92 Å². The zero-order chi connectivity index (χ0) is 23.1. The molecule has 0 saturated heterocycles. The molecule has 0 saturated carbocycles. The zero-order valence-corrected chi connectivity index (χ0v) is 18.3. The van der Waals surface area contributed by atoms with Gasteiger partial charge in [0.25, 0.3) is 0 Å². The number of pyridine rings is 2. The molecule has 7 heteroatoms. The summed E-state index contributed by atoms with van der Waals surface area (Å²) in [6.45, 7) is 4.13. The number of carbonyl (C=O) groups excluding carboxylic acids is 1. The minimum absolute atomic E-state index is 0.0386. The summed E-state index contributed by atoms with van der Waals surface area (Å²) in [6.07, 6.45) is 2.97. The second kappa shape index (κ2) is 10.6. The Bertz CT molecular complexity index is 1050. The van der Waals surface area contributed by atoms with Crippen molar-refractivity contribution < 1.29 is 22.7 Å². The number of ketones is 1. The Morgan fingerprint density at radius 1 is 1.03 bits per heavy atom. The van der Waals surface area contributed by atoms with Gasteiger partial charge in [-0.3, -0.25) is 4.79 Å². The summed E-state index contributed by atoms with van der Waals surface area (Å²) in [6, 6.07) is 10.7. The number of hydrogen-bond acceptors (Lipinski definition) is 4. The summed E-state index contributed by atoms with van der Waals surface area (Å²) in [5.41, 5.74) is 0.260. The maximum atomic E-state index is 12.7. The van der Waals surface area contributed by atoms with Gasteiger partial charge in [-0.2, -0.15) is 13.2 Å². The van der Waals surface area contributed by atoms with E-state index in [9.17, 15) is 18.0 Å². The van der Waals surface area contributed by atoms with Crippen LogP contribution in [0.25, 0.3) is 10.9 Å². The van der Waals surface area contributed by atoms with Crippen LogP contribution in [0.4, 0.5) is 13.2 Å². The van der Waals surface area contributed by atoms with Crippen LogP contribution in [0.5, 0.6) is 11.6 Å². The predicted molar refractivity (Wildman–Crippen MR) is 118 cm³/mol. The Kier molecular flexibility index (Phi) is 7.83. The third-order valence-corrected chi connectivity index (χ3v) is 5.39. The van der Waals surface area contributed by atoms with E-state index in [1.807, 2.05) is 6.92 Å². The molecule has 3 aromatic rings. The van der Waals surface area contributed by atoms with Crippen molar-refractivity contribution in [3.8, 4) is 11.6 Å². The quantitative estimate of drug-likeness (QED) is 0.238. The van der Waals surface area contributed by atoms with Crippen molar-refractivity contribution in [1.82, 2.24) is 9.97 Å². The van der Waals surface area contributed by atoms with Crippen LogP contribution in [0.1, 0.15) is 68.4 Å². The average molecular weight is 444 g/mol. The Morgan fingerprint density at radius 2 is 1.81 bits per heavy atom. The fourth-order valence-electron chi connectivity index (χ4n) is 3.47. The zero-order valence-electron chi connectivity index (χ0n) is 18.3. The van der Waals surface area contributed by atoms with Gasteiger partial charge in [0.2, 0.25) is 5.88 Å². The van der Waals surface area contributed by atoms with E-state index >= 15 is 0 Å². The molecule has 2 aromatic heterocycles. The lowest BCUT2D eigenvalue weighted by atomic mass is 9.96. The van der Waals surface area contributed by atoms with Crippen molar-refractivity contribution in [3.05, 3.63) is 59.9 Å². The van der Waals surface area contributed by atoms with Crippen LogP contribution >= 0.6 is 0 Å². The maximum Gasteiger partial charge on any atom is 0.417 e. The SMILES string of the molecule is CCCCCCCC(C)C(=O)c1ccc2cc(Oc3ccc(C(F)(F)F)cn3)ccc2n1. The van der Waals surface area contributed by atoms with E-state index in [1.165, 1.54) is 25.3 Å². The van der Waals surface area contributed by atoms with Gasteiger partial charge in [0.05, 0.1) is 11.1 Å². The highest BCUT2D eigenvalue weighted by Gasteiger charge is 2.30. The highest BCUT2D eigenvalue weighted by Crippen LogP contribution is 2.30. The highest BCUT2D eigenvalue weighted by molar-refractivity contribution is 5.98. The number of fused-ring (bicyclic) bond motifs is 1. The summed E-state index contributed by atoms with van der Waals surface area (Å²) in [5, 5.41) is 0.762. The summed E-state index contributed by atoms with van der Waals surface area (Å²) < 4.78 is 43.5. The molecule has 1 atom stereocenters. The summed E-state index contributed by atoms with van der Waals surface area (Å²) >= 11 is 0. The third kappa shape index (κ3) is 6.28. The van der Waals surface area contributed by atoms with E-state index in [1.54, 1.807) is 30.3 Å². The second-order valence-electron chi connectivity index (χ2n) is 8.00. The number of Topliss-reactive ketones (excluding diaryl/α,β-unsaturated/α-hetero) is 1. The van der Waals surface area contributed by atoms with Crippen molar-refractivity contribution in [1.29, 1.82) is 0 Å². The molecule has 32 heavy (non-hydrogen) atoms. The lowest BCUT2D eigenvalue weighted by Crippen LogP contribution is -2.13. The molecule has 2 heterocycles. The second-order valence-corrected chi connectivity index (χ2v) is 8.00. The minimum Gasteiger partial charge on any atom is -0.439 e. The van der Waals surface area contributed by atoms with Gasteiger partial charge >= 0.3 is 6.18 Å². The Labute approximate surface area is 185 Å². The molecular weight excluding hydrogens is 417 g/mol. The van der Waals surface area contributed by atoms with E-state index < -0.39 is 11.7 Å². The Hall–Kier alpha value is -2.96. The standard InChI is InChI=1S/C25H27F3N2O2/c1-3-4-5-6-7-8-17(2)24(31)22-12-9-18-15-20(11-13-21(18)30-22)32-23-14-10-19(16-29-23)25(26,27)28/h9-17H,3-8H2,1-2H3. The molecule has 0 aliphatic rings. The van der Waals surface area contributed by atoms with E-state index in [4.69, 9.17) is 4.74 Å². The Morgan fingerprint density at radius 3 is 2.50 bits per heavy atom. The van der Waals surface area contributed by atoms with Crippen LogP contribution < -0.4 is 4.74 Å². The number of carbonyl (C=O) groups is 1. The molecule has 1 aromatic carbocycles. The van der Waals surface area contributed by atoms with Crippen LogP contribution in [-0.4, -0.2) is 15.8 Å². The van der Waals surface area contributed by atoms with Gasteiger partial charge in [-0.15, -0.1) is 0 Å². The van der Waals surface area contributed by atoms with Gasteiger partial charge in [-0.05, 0) is 36.8 Å². The van der Waals surface area contributed by atoms with E-state index in [0.29, 0.717) is 17.0 Å². The normalized spacial score (nSPS) is 12.7. The molecule has 0 bridgehead atoms. The lowest BCUT2D eigenvalue weighted by molar-refractivity contribution is -0.137. The first-order valence-corrected chi connectivity index (χ1v) is 10.9. The van der Waals surface area contributed by atoms with Crippen LogP contribution in [0.2, 0.25) is 0 Å². The monoisotopic (exact) mass is 444 g/mol. The molecule has 0 spiro atoms. The number of aromatic nitrogens is 2. The molecule has 0 fully saturated rings. The predicted octanol–water partition coefficient (Wildman–Crippen LogP) is 7.62. The molecule has 0 radical (unpaired) electrons. The van der Waals surface area contributed by atoms with Crippen molar-refractivity contribution in [2.75, 3.05) is 0 Å². The Balaban J connectivity index is 1.65. The van der Waals surface area contributed by atoms with Crippen molar-refractivity contribution in [3.63, 3.8) is 0 Å². The van der Waals surface area contributed by atoms with Crippen molar-refractivity contribution in [2.24, 2.45) is 5.92 Å². The number of unbranched alkanes of at least 4 members (excludes halogenated alkanes) is 4. The number of benzene rings is 1. The molecule has 3 rings (SSSR count). The molecule has 0 aliphatic heterocycles. The average Bonchev–Trinajstić information content (AvgIpc) is 2.77. The lowest BCUT2D eigenvalue weighted by Gasteiger charge is -2.11. The first kappa shape index (κ1) is 23.7. The molecule has 1 unspecified atom stereocenters. The fraction of sp³-hybridized carbons (Fsp3) is 0.400. The highest BCUT2D eigenvalue weighted by atomic mass is 19.4. The topological polar surface area (TPSA) is 52.1 Å². The smallest absolute Gasteiger partial charge is 0.417 e. The fourth-order valence-corrected chi connectivity index (χ4v) is 3.47. The maximum absolute atomic E-state index is 12.7. The van der Waals surface area contributed by atoms with Gasteiger partial charge in [-0.1, -0.05) is 52.0 Å². The number of alkyl halides is 3.